The lowest BCUT2D eigenvalue weighted by atomic mass is 9.52. The van der Waals surface area contributed by atoms with Crippen molar-refractivity contribution in [3.63, 3.8) is 0 Å². The molecular weight excluding hydrogens is 362 g/mol. The summed E-state index contributed by atoms with van der Waals surface area (Å²) in [4.78, 5) is 2.65. The van der Waals surface area contributed by atoms with Crippen LogP contribution in [0.3, 0.4) is 0 Å². The summed E-state index contributed by atoms with van der Waals surface area (Å²) >= 11 is 0. The van der Waals surface area contributed by atoms with Gasteiger partial charge in [0, 0.05) is 11.5 Å². The van der Waals surface area contributed by atoms with Gasteiger partial charge in [0.25, 0.3) is 0 Å². The van der Waals surface area contributed by atoms with Crippen LogP contribution in [0.1, 0.15) is 56.1 Å². The van der Waals surface area contributed by atoms with Gasteiger partial charge < -0.3 is 9.64 Å². The SMILES string of the molecule is Br.CN1CC[C@]23CCCC[C@H]2[C@H]1Cc1ccc(OCC2CC2)cc13. The van der Waals surface area contributed by atoms with E-state index in [4.69, 9.17) is 4.74 Å². The van der Waals surface area contributed by atoms with Gasteiger partial charge in [0.15, 0.2) is 0 Å². The predicted octanol–water partition coefficient (Wildman–Crippen LogP) is 4.74. The highest BCUT2D eigenvalue weighted by atomic mass is 79.9. The number of halogens is 1. The molecule has 1 aromatic carbocycles. The van der Waals surface area contributed by atoms with Crippen molar-refractivity contribution >= 4 is 17.0 Å². The lowest BCUT2D eigenvalue weighted by Gasteiger charge is -2.58. The molecule has 3 aliphatic carbocycles. The van der Waals surface area contributed by atoms with Gasteiger partial charge in [-0.15, -0.1) is 17.0 Å². The number of nitrogens with zero attached hydrogens (tertiary/aromatic N) is 1. The third-order valence-electron chi connectivity index (χ3n) is 7.27. The van der Waals surface area contributed by atoms with Gasteiger partial charge in [0.05, 0.1) is 6.61 Å². The first-order chi connectivity index (χ1) is 11.3. The molecule has 3 heteroatoms. The van der Waals surface area contributed by atoms with Gasteiger partial charge in [-0.3, -0.25) is 0 Å². The minimum Gasteiger partial charge on any atom is -0.493 e. The van der Waals surface area contributed by atoms with E-state index in [0.717, 1.165) is 30.2 Å². The third kappa shape index (κ3) is 2.63. The molecule has 3 atom stereocenters. The Morgan fingerprint density at radius 3 is 2.88 bits per heavy atom. The number of benzene rings is 1. The summed E-state index contributed by atoms with van der Waals surface area (Å²) in [6, 6.07) is 7.83. The van der Waals surface area contributed by atoms with Gasteiger partial charge in [-0.25, -0.2) is 0 Å². The maximum absolute atomic E-state index is 6.12. The molecule has 24 heavy (non-hydrogen) atoms. The first kappa shape index (κ1) is 16.9. The Bertz CT molecular complexity index is 614. The van der Waals surface area contributed by atoms with E-state index < -0.39 is 0 Å². The van der Waals surface area contributed by atoms with Crippen molar-refractivity contribution < 1.29 is 4.74 Å². The Hall–Kier alpha value is -0.540. The highest BCUT2D eigenvalue weighted by Crippen LogP contribution is 2.55. The molecule has 0 unspecified atom stereocenters. The Morgan fingerprint density at radius 1 is 1.17 bits per heavy atom. The first-order valence-corrected chi connectivity index (χ1v) is 9.73. The van der Waals surface area contributed by atoms with Crippen molar-refractivity contribution in [1.29, 1.82) is 0 Å². The fraction of sp³-hybridized carbons (Fsp3) is 0.714. The molecule has 0 N–H and O–H groups in total. The lowest BCUT2D eigenvalue weighted by molar-refractivity contribution is 0.00270. The molecule has 1 heterocycles. The normalized spacial score (nSPS) is 34.7. The number of hydrogen-bond donors (Lipinski definition) is 0. The molecule has 2 nitrogen and oxygen atoms in total. The van der Waals surface area contributed by atoms with Gasteiger partial charge in [-0.05, 0) is 87.2 Å². The summed E-state index contributed by atoms with van der Waals surface area (Å²) in [6.07, 6.45) is 11.0. The summed E-state index contributed by atoms with van der Waals surface area (Å²) in [5.41, 5.74) is 3.74. The summed E-state index contributed by atoms with van der Waals surface area (Å²) in [7, 11) is 2.35. The summed E-state index contributed by atoms with van der Waals surface area (Å²) in [6.45, 7) is 2.20. The number of rotatable bonds is 3. The molecule has 2 saturated carbocycles. The summed E-state index contributed by atoms with van der Waals surface area (Å²) in [5, 5.41) is 0. The molecule has 132 valence electrons. The fourth-order valence-corrected chi connectivity index (χ4v) is 5.76. The molecule has 0 radical (unpaired) electrons. The van der Waals surface area contributed by atoms with Gasteiger partial charge in [0.1, 0.15) is 5.75 Å². The second-order valence-corrected chi connectivity index (χ2v) is 8.58. The molecule has 5 rings (SSSR count). The van der Waals surface area contributed by atoms with Crippen LogP contribution in [-0.2, 0) is 11.8 Å². The van der Waals surface area contributed by atoms with Crippen LogP contribution in [0.15, 0.2) is 18.2 Å². The summed E-state index contributed by atoms with van der Waals surface area (Å²) in [5.74, 6) is 2.84. The van der Waals surface area contributed by atoms with Gasteiger partial charge in [-0.2, -0.15) is 0 Å². The monoisotopic (exact) mass is 391 g/mol. The number of ether oxygens (including phenoxy) is 1. The van der Waals surface area contributed by atoms with Crippen molar-refractivity contribution in [2.45, 2.75) is 62.8 Å². The van der Waals surface area contributed by atoms with Crippen LogP contribution < -0.4 is 4.74 Å². The molecule has 0 amide bonds. The van der Waals surface area contributed by atoms with Crippen molar-refractivity contribution in [3.05, 3.63) is 29.3 Å². The number of likely N-dealkylation sites (tertiary alicyclic amines) is 1. The standard InChI is InChI=1S/C21H29NO.BrH/c1-22-11-10-21-9-3-2-4-18(21)20(22)12-16-7-8-17(13-19(16)21)23-14-15-5-6-15;/h7-8,13,15,18,20H,2-6,9-12,14H2,1H3;1H/t18-,20+,21+;/m0./s1. The Balaban J connectivity index is 0.00000146. The highest BCUT2D eigenvalue weighted by Gasteiger charge is 2.53. The molecule has 1 aromatic rings. The first-order valence-electron chi connectivity index (χ1n) is 9.73. The largest absolute Gasteiger partial charge is 0.493 e. The second kappa shape index (κ2) is 6.32. The molecule has 0 spiro atoms. The number of piperidine rings is 1. The van der Waals surface area contributed by atoms with Crippen LogP contribution in [0, 0.1) is 11.8 Å². The van der Waals surface area contributed by atoms with Crippen LogP contribution in [0.2, 0.25) is 0 Å². The van der Waals surface area contributed by atoms with Gasteiger partial charge in [-0.1, -0.05) is 18.9 Å². The number of likely N-dealkylation sites (N-methyl/N-ethyl adjacent to an activating group) is 1. The average Bonchev–Trinajstić information content (AvgIpc) is 3.41. The maximum Gasteiger partial charge on any atom is 0.119 e. The van der Waals surface area contributed by atoms with Gasteiger partial charge >= 0.3 is 0 Å². The smallest absolute Gasteiger partial charge is 0.119 e. The predicted molar refractivity (Wildman–Crippen MR) is 103 cm³/mol. The molecule has 3 fully saturated rings. The number of fused-ring (bicyclic) bond motifs is 1. The van der Waals surface area contributed by atoms with E-state index >= 15 is 0 Å². The van der Waals surface area contributed by atoms with Crippen molar-refractivity contribution in [2.75, 3.05) is 20.2 Å². The molecule has 2 bridgehead atoms. The topological polar surface area (TPSA) is 12.5 Å². The van der Waals surface area contributed by atoms with E-state index in [9.17, 15) is 0 Å². The molecule has 0 aromatic heterocycles. The maximum atomic E-state index is 6.12. The van der Waals surface area contributed by atoms with Gasteiger partial charge in [0.2, 0.25) is 0 Å². The molecule has 1 saturated heterocycles. The Kier molecular flexibility index (Phi) is 4.45. The van der Waals surface area contributed by atoms with Crippen LogP contribution in [0.4, 0.5) is 0 Å². The van der Waals surface area contributed by atoms with Crippen molar-refractivity contribution in [3.8, 4) is 5.75 Å². The van der Waals surface area contributed by atoms with Crippen LogP contribution in [0.5, 0.6) is 5.75 Å². The van der Waals surface area contributed by atoms with E-state index in [2.05, 4.69) is 30.1 Å². The summed E-state index contributed by atoms with van der Waals surface area (Å²) < 4.78 is 6.12. The molecule has 4 aliphatic rings. The van der Waals surface area contributed by atoms with Crippen LogP contribution in [-0.4, -0.2) is 31.1 Å². The second-order valence-electron chi connectivity index (χ2n) is 8.58. The van der Waals surface area contributed by atoms with E-state index in [1.807, 2.05) is 0 Å². The van der Waals surface area contributed by atoms with E-state index in [1.165, 1.54) is 57.9 Å². The van der Waals surface area contributed by atoms with Crippen LogP contribution in [0.25, 0.3) is 0 Å². The zero-order valence-corrected chi connectivity index (χ0v) is 16.5. The van der Waals surface area contributed by atoms with E-state index in [1.54, 1.807) is 11.1 Å². The van der Waals surface area contributed by atoms with Crippen molar-refractivity contribution in [2.24, 2.45) is 11.8 Å². The Morgan fingerprint density at radius 2 is 2.04 bits per heavy atom. The minimum atomic E-state index is 0. The van der Waals surface area contributed by atoms with Crippen LogP contribution >= 0.6 is 17.0 Å². The fourth-order valence-electron chi connectivity index (χ4n) is 5.76. The van der Waals surface area contributed by atoms with E-state index in [0.29, 0.717) is 5.41 Å². The third-order valence-corrected chi connectivity index (χ3v) is 7.27. The zero-order chi connectivity index (χ0) is 15.4. The average molecular weight is 392 g/mol. The molecular formula is C21H30BrNO. The number of hydrogen-bond acceptors (Lipinski definition) is 2. The molecule has 1 aliphatic heterocycles. The van der Waals surface area contributed by atoms with Crippen molar-refractivity contribution in [1.82, 2.24) is 4.90 Å². The Labute approximate surface area is 156 Å². The lowest BCUT2D eigenvalue weighted by Crippen LogP contribution is -2.59. The highest BCUT2D eigenvalue weighted by molar-refractivity contribution is 8.93. The van der Waals surface area contributed by atoms with E-state index in [-0.39, 0.29) is 17.0 Å². The quantitative estimate of drug-likeness (QED) is 0.737. The minimum absolute atomic E-state index is 0. The zero-order valence-electron chi connectivity index (χ0n) is 14.8.